The predicted molar refractivity (Wildman–Crippen MR) is 127 cm³/mol. The number of para-hydroxylation sites is 1. The molecule has 0 saturated carbocycles. The molecular formula is C19H14I2N2OS2. The van der Waals surface area contributed by atoms with Crippen molar-refractivity contribution in [2.24, 2.45) is 0 Å². The summed E-state index contributed by atoms with van der Waals surface area (Å²) in [5.74, 6) is 0.899. The monoisotopic (exact) mass is 604 g/mol. The lowest BCUT2D eigenvalue weighted by Crippen LogP contribution is -2.08. The summed E-state index contributed by atoms with van der Waals surface area (Å²) < 4.78 is 9.96. The molecule has 0 aliphatic carbocycles. The number of halogens is 2. The topological polar surface area (TPSA) is 45.9 Å². The molecule has 3 nitrogen and oxygen atoms in total. The van der Waals surface area contributed by atoms with Crippen LogP contribution < -0.4 is 4.74 Å². The van der Waals surface area contributed by atoms with Gasteiger partial charge < -0.3 is 4.74 Å². The number of nitriles is 1. The van der Waals surface area contributed by atoms with E-state index in [1.165, 1.54) is 11.8 Å². The molecule has 0 fully saturated rings. The number of thioether (sulfide) groups is 1. The minimum absolute atomic E-state index is 0.127. The second-order valence-corrected chi connectivity index (χ2v) is 10.3. The second-order valence-electron chi connectivity index (χ2n) is 5.65. The smallest absolute Gasteiger partial charge is 0.156 e. The fourth-order valence-electron chi connectivity index (χ4n) is 2.24. The molecule has 0 aliphatic heterocycles. The Morgan fingerprint density at radius 3 is 2.58 bits per heavy atom. The molecule has 2 aromatic carbocycles. The van der Waals surface area contributed by atoms with Gasteiger partial charge in [0, 0.05) is 0 Å². The number of nitrogens with zero attached hydrogens (tertiary/aromatic N) is 2. The lowest BCUT2D eigenvalue weighted by atomic mass is 10.2. The zero-order valence-corrected chi connectivity index (χ0v) is 19.9. The number of hydrogen-bond donors (Lipinski definition) is 0. The summed E-state index contributed by atoms with van der Waals surface area (Å²) in [6.07, 6.45) is 2.03. The van der Waals surface area contributed by atoms with E-state index in [0.29, 0.717) is 4.91 Å². The largest absolute Gasteiger partial charge is 0.489 e. The normalized spacial score (nSPS) is 11.8. The van der Waals surface area contributed by atoms with Gasteiger partial charge in [0.05, 0.1) is 28.4 Å². The van der Waals surface area contributed by atoms with Crippen molar-refractivity contribution in [1.82, 2.24) is 4.98 Å². The van der Waals surface area contributed by atoms with Gasteiger partial charge in [0.15, 0.2) is 4.34 Å². The Morgan fingerprint density at radius 1 is 1.27 bits per heavy atom. The summed E-state index contributed by atoms with van der Waals surface area (Å²) in [5.41, 5.74) is 1.96. The van der Waals surface area contributed by atoms with Crippen molar-refractivity contribution < 1.29 is 4.74 Å². The highest BCUT2D eigenvalue weighted by atomic mass is 127. The zero-order valence-electron chi connectivity index (χ0n) is 14.0. The molecule has 0 saturated heterocycles. The van der Waals surface area contributed by atoms with Crippen LogP contribution in [-0.2, 0) is 0 Å². The van der Waals surface area contributed by atoms with Crippen LogP contribution >= 0.6 is 68.3 Å². The van der Waals surface area contributed by atoms with Crippen LogP contribution in [0, 0.1) is 18.5 Å². The fraction of sp³-hybridized carbons (Fsp3) is 0.158. The maximum Gasteiger partial charge on any atom is 0.156 e. The van der Waals surface area contributed by atoms with E-state index in [2.05, 4.69) is 56.2 Å². The van der Waals surface area contributed by atoms with Crippen LogP contribution in [0.5, 0.6) is 5.75 Å². The van der Waals surface area contributed by atoms with Crippen molar-refractivity contribution in [2.45, 2.75) is 24.3 Å². The highest BCUT2D eigenvalue weighted by Gasteiger charge is 2.11. The first-order chi connectivity index (χ1) is 12.5. The third-order valence-corrected chi connectivity index (χ3v) is 6.88. The van der Waals surface area contributed by atoms with Crippen LogP contribution in [0.25, 0.3) is 16.3 Å². The van der Waals surface area contributed by atoms with Crippen LogP contribution in [0.1, 0.15) is 19.4 Å². The maximum atomic E-state index is 9.54. The summed E-state index contributed by atoms with van der Waals surface area (Å²) in [4.78, 5) is 5.21. The van der Waals surface area contributed by atoms with E-state index in [-0.39, 0.29) is 6.10 Å². The van der Waals surface area contributed by atoms with Crippen molar-refractivity contribution in [2.75, 3.05) is 0 Å². The first-order valence-electron chi connectivity index (χ1n) is 7.77. The molecule has 0 radical (unpaired) electrons. The van der Waals surface area contributed by atoms with Crippen LogP contribution in [0.4, 0.5) is 0 Å². The average Bonchev–Trinajstić information content (AvgIpc) is 2.99. The van der Waals surface area contributed by atoms with E-state index in [1.807, 2.05) is 56.3 Å². The molecule has 7 heteroatoms. The van der Waals surface area contributed by atoms with Crippen molar-refractivity contribution in [3.8, 4) is 11.8 Å². The minimum Gasteiger partial charge on any atom is -0.489 e. The number of rotatable bonds is 5. The van der Waals surface area contributed by atoms with Gasteiger partial charge in [-0.2, -0.15) is 5.26 Å². The van der Waals surface area contributed by atoms with Gasteiger partial charge in [0.2, 0.25) is 0 Å². The second kappa shape index (κ2) is 8.91. The molecule has 0 amide bonds. The van der Waals surface area contributed by atoms with E-state index >= 15 is 0 Å². The highest BCUT2D eigenvalue weighted by Crippen LogP contribution is 2.35. The third kappa shape index (κ3) is 4.91. The Kier molecular flexibility index (Phi) is 6.82. The molecule has 0 spiro atoms. The quantitative estimate of drug-likeness (QED) is 0.180. The Morgan fingerprint density at radius 2 is 1.96 bits per heavy atom. The third-order valence-electron chi connectivity index (χ3n) is 3.25. The van der Waals surface area contributed by atoms with E-state index in [4.69, 9.17) is 4.74 Å². The van der Waals surface area contributed by atoms with E-state index < -0.39 is 0 Å². The van der Waals surface area contributed by atoms with Crippen LogP contribution in [0.3, 0.4) is 0 Å². The van der Waals surface area contributed by atoms with Crippen molar-refractivity contribution in [3.63, 3.8) is 0 Å². The molecule has 0 aliphatic rings. The molecule has 0 N–H and O–H groups in total. The van der Waals surface area contributed by atoms with Crippen molar-refractivity contribution >= 4 is 84.6 Å². The molecule has 1 aromatic heterocycles. The van der Waals surface area contributed by atoms with E-state index in [0.717, 1.165) is 33.0 Å². The summed E-state index contributed by atoms with van der Waals surface area (Å²) in [6.45, 7) is 4.03. The average molecular weight is 604 g/mol. The molecule has 3 aromatic rings. The van der Waals surface area contributed by atoms with Gasteiger partial charge in [-0.05, 0) is 107 Å². The van der Waals surface area contributed by atoms with Crippen molar-refractivity contribution in [3.05, 3.63) is 54.0 Å². The first-order valence-corrected chi connectivity index (χ1v) is 11.6. The van der Waals surface area contributed by atoms with Gasteiger partial charge in [0.1, 0.15) is 11.8 Å². The molecular weight excluding hydrogens is 590 g/mol. The Hall–Kier alpha value is -0.830. The number of thiazole rings is 1. The Balaban J connectivity index is 1.88. The maximum absolute atomic E-state index is 9.54. The molecule has 1 heterocycles. The molecule has 3 rings (SSSR count). The Bertz CT molecular complexity index is 966. The van der Waals surface area contributed by atoms with E-state index in [1.54, 1.807) is 11.3 Å². The van der Waals surface area contributed by atoms with Crippen LogP contribution in [0.15, 0.2) is 45.6 Å². The summed E-state index contributed by atoms with van der Waals surface area (Å²) in [5, 5.41) is 9.54. The molecule has 0 bridgehead atoms. The first kappa shape index (κ1) is 19.9. The minimum atomic E-state index is 0.127. The number of fused-ring (bicyclic) bond motifs is 1. The number of ether oxygens (including phenoxy) is 1. The molecule has 26 heavy (non-hydrogen) atoms. The lowest BCUT2D eigenvalue weighted by molar-refractivity contribution is 0.239. The molecule has 0 atom stereocenters. The van der Waals surface area contributed by atoms with Gasteiger partial charge in [-0.25, -0.2) is 4.98 Å². The number of aromatic nitrogens is 1. The molecule has 0 unspecified atom stereocenters. The summed E-state index contributed by atoms with van der Waals surface area (Å²) in [6, 6.07) is 14.4. The number of benzene rings is 2. The van der Waals surface area contributed by atoms with Crippen LogP contribution in [-0.4, -0.2) is 11.1 Å². The Labute approximate surface area is 188 Å². The van der Waals surface area contributed by atoms with Gasteiger partial charge in [0.25, 0.3) is 0 Å². The molecule has 132 valence electrons. The number of allylic oxidation sites excluding steroid dienone is 1. The highest BCUT2D eigenvalue weighted by molar-refractivity contribution is 14.1. The number of hydrogen-bond acceptors (Lipinski definition) is 5. The van der Waals surface area contributed by atoms with Crippen molar-refractivity contribution in [1.29, 1.82) is 5.26 Å². The SMILES string of the molecule is CC(C)Oc1c(I)cc(/C=C(\C#N)Sc2nc3ccccc3s2)cc1I. The van der Waals surface area contributed by atoms with Gasteiger partial charge >= 0.3 is 0 Å². The summed E-state index contributed by atoms with van der Waals surface area (Å²) in [7, 11) is 0. The van der Waals surface area contributed by atoms with Gasteiger partial charge in [-0.15, -0.1) is 11.3 Å². The standard InChI is InChI=1S/C19H14I2N2OS2/c1-11(2)24-18-14(20)8-12(9-15(18)21)7-13(10-22)25-19-23-16-5-3-4-6-17(16)26-19/h3-9,11H,1-2H3/b13-7+. The van der Waals surface area contributed by atoms with Crippen LogP contribution in [0.2, 0.25) is 0 Å². The van der Waals surface area contributed by atoms with Gasteiger partial charge in [-0.1, -0.05) is 12.1 Å². The zero-order chi connectivity index (χ0) is 18.7. The fourth-order valence-corrected chi connectivity index (χ4v) is 6.28. The van der Waals surface area contributed by atoms with E-state index in [9.17, 15) is 5.26 Å². The van der Waals surface area contributed by atoms with Gasteiger partial charge in [-0.3, -0.25) is 0 Å². The predicted octanol–water partition coefficient (Wildman–Crippen LogP) is 6.95. The summed E-state index contributed by atoms with van der Waals surface area (Å²) >= 11 is 7.57. The lowest BCUT2D eigenvalue weighted by Gasteiger charge is -2.14.